The second kappa shape index (κ2) is 19.6. The highest BCUT2D eigenvalue weighted by molar-refractivity contribution is 5.92. The molecular weight excluding hydrogens is 564 g/mol. The van der Waals surface area contributed by atoms with Gasteiger partial charge >= 0.3 is 11.9 Å². The molecule has 246 valence electrons. The predicted molar refractivity (Wildman–Crippen MR) is 183 cm³/mol. The van der Waals surface area contributed by atoms with E-state index < -0.39 is 11.0 Å². The summed E-state index contributed by atoms with van der Waals surface area (Å²) in [5.41, 5.74) is 5.89. The summed E-state index contributed by atoms with van der Waals surface area (Å²) in [4.78, 5) is 35.2. The topological polar surface area (TPSA) is 89.9 Å². The molecule has 0 saturated heterocycles. The van der Waals surface area contributed by atoms with Crippen LogP contribution in [0.1, 0.15) is 101 Å². The van der Waals surface area contributed by atoms with E-state index in [2.05, 4.69) is 12.7 Å². The van der Waals surface area contributed by atoms with Crippen LogP contribution in [0.2, 0.25) is 0 Å². The van der Waals surface area contributed by atoms with Crippen LogP contribution in [0, 0.1) is 5.41 Å². The third-order valence-electron chi connectivity index (χ3n) is 7.46. The lowest BCUT2D eigenvalue weighted by atomic mass is 9.65. The summed E-state index contributed by atoms with van der Waals surface area (Å²) >= 11 is 0. The van der Waals surface area contributed by atoms with Gasteiger partial charge in [0, 0.05) is 25.3 Å². The second-order valence-corrected chi connectivity index (χ2v) is 12.7. The molecule has 1 aliphatic carbocycles. The van der Waals surface area contributed by atoms with Crippen LogP contribution in [-0.4, -0.2) is 41.1 Å². The van der Waals surface area contributed by atoms with Gasteiger partial charge in [-0.1, -0.05) is 106 Å². The number of carbonyl (C=O) groups is 3. The average Bonchev–Trinajstić information content (AvgIpc) is 2.92. The third-order valence-corrected chi connectivity index (χ3v) is 7.46. The zero-order valence-electron chi connectivity index (χ0n) is 28.9. The molecule has 1 N–H and O–H groups in total. The molecule has 0 bridgehead atoms. The van der Waals surface area contributed by atoms with Crippen molar-refractivity contribution in [3.8, 4) is 0 Å². The maximum absolute atomic E-state index is 12.3. The number of hydrogen-bond donors (Lipinski definition) is 1. The molecule has 1 fully saturated rings. The van der Waals surface area contributed by atoms with Crippen molar-refractivity contribution < 1.29 is 29.0 Å². The Bertz CT molecular complexity index is 1300. The summed E-state index contributed by atoms with van der Waals surface area (Å²) in [6, 6.07) is 0. The van der Waals surface area contributed by atoms with Gasteiger partial charge in [-0.3, -0.25) is 14.4 Å². The van der Waals surface area contributed by atoms with E-state index in [0.29, 0.717) is 24.0 Å². The van der Waals surface area contributed by atoms with E-state index in [-0.39, 0.29) is 36.9 Å². The van der Waals surface area contributed by atoms with Gasteiger partial charge < -0.3 is 14.6 Å². The van der Waals surface area contributed by atoms with Crippen molar-refractivity contribution in [1.29, 1.82) is 0 Å². The highest BCUT2D eigenvalue weighted by Gasteiger charge is 2.46. The van der Waals surface area contributed by atoms with Crippen LogP contribution >= 0.6 is 0 Å². The summed E-state index contributed by atoms with van der Waals surface area (Å²) < 4.78 is 11.0. The van der Waals surface area contributed by atoms with E-state index >= 15 is 0 Å². The highest BCUT2D eigenvalue weighted by atomic mass is 16.5. The molecule has 1 saturated carbocycles. The zero-order chi connectivity index (χ0) is 34.0. The Morgan fingerprint density at radius 1 is 0.867 bits per heavy atom. The maximum atomic E-state index is 12.3. The standard InChI is InChI=1S/C39H54O6/c1-10-11-12-23-37(42)44-28-34(24-25-36-38(7,8)26-35(45-33(6)41)27-39(36,9)43)22-16-20-30(3)18-14-13-17-29(2)19-15-21-31(4)32(5)40/h13-22,24,35,43H,10-12,23,26-28H2,1-9H3. The molecule has 6 nitrogen and oxygen atoms in total. The van der Waals surface area contributed by atoms with E-state index in [1.807, 2.05) is 82.4 Å². The van der Waals surface area contributed by atoms with Crippen molar-refractivity contribution in [1.82, 2.24) is 0 Å². The Balaban J connectivity index is 3.18. The van der Waals surface area contributed by atoms with Crippen LogP contribution in [-0.2, 0) is 23.9 Å². The van der Waals surface area contributed by atoms with Gasteiger partial charge in [-0.05, 0) is 70.1 Å². The van der Waals surface area contributed by atoms with E-state index in [9.17, 15) is 19.5 Å². The summed E-state index contributed by atoms with van der Waals surface area (Å²) in [6.07, 6.45) is 24.7. The molecule has 2 atom stereocenters. The summed E-state index contributed by atoms with van der Waals surface area (Å²) in [5.74, 6) is -0.538. The lowest BCUT2D eigenvalue weighted by Crippen LogP contribution is -2.46. The molecular formula is C39H54O6. The molecule has 0 spiro atoms. The normalized spacial score (nSPS) is 21.4. The fourth-order valence-electron chi connectivity index (χ4n) is 5.06. The summed E-state index contributed by atoms with van der Waals surface area (Å²) in [7, 11) is 0. The Kier molecular flexibility index (Phi) is 17.1. The lowest BCUT2D eigenvalue weighted by molar-refractivity contribution is -0.152. The number of rotatable bonds is 15. The van der Waals surface area contributed by atoms with Crippen LogP contribution in [0.3, 0.4) is 0 Å². The van der Waals surface area contributed by atoms with Crippen molar-refractivity contribution in [2.75, 3.05) is 6.61 Å². The fourth-order valence-corrected chi connectivity index (χ4v) is 5.06. The fraction of sp³-hybridized carbons (Fsp3) is 0.487. The number of esters is 2. The quantitative estimate of drug-likeness (QED) is 0.0649. The van der Waals surface area contributed by atoms with E-state index in [0.717, 1.165) is 36.0 Å². The number of unbranched alkanes of at least 4 members (excludes halogenated alkanes) is 2. The van der Waals surface area contributed by atoms with Gasteiger partial charge in [0.2, 0.25) is 0 Å². The van der Waals surface area contributed by atoms with E-state index in [1.54, 1.807) is 32.9 Å². The van der Waals surface area contributed by atoms with Gasteiger partial charge in [0.05, 0.1) is 5.60 Å². The van der Waals surface area contributed by atoms with Crippen LogP contribution in [0.25, 0.3) is 0 Å². The first-order valence-electron chi connectivity index (χ1n) is 15.8. The first-order chi connectivity index (χ1) is 21.1. The minimum absolute atomic E-state index is 0.0605. The number of allylic oxidation sites excluding steroid dienone is 13. The minimum atomic E-state index is -1.21. The minimum Gasteiger partial charge on any atom is -0.462 e. The van der Waals surface area contributed by atoms with Gasteiger partial charge in [0.15, 0.2) is 5.78 Å². The van der Waals surface area contributed by atoms with Crippen LogP contribution < -0.4 is 0 Å². The smallest absolute Gasteiger partial charge is 0.306 e. The largest absolute Gasteiger partial charge is 0.462 e. The summed E-state index contributed by atoms with van der Waals surface area (Å²) in [6.45, 7) is 16.6. The SMILES string of the molecule is CCCCCC(=O)OCC(C=C=C1C(C)(C)CC(OC(C)=O)CC1(C)O)=CC=CC(C)=CC=CC=C(C)C=CC=C(C)C(C)=O. The number of carbonyl (C=O) groups excluding carboxylic acids is 3. The van der Waals surface area contributed by atoms with E-state index in [1.165, 1.54) is 6.92 Å². The maximum Gasteiger partial charge on any atom is 0.306 e. The predicted octanol–water partition coefficient (Wildman–Crippen LogP) is 8.72. The average molecular weight is 619 g/mol. The number of hydrogen-bond acceptors (Lipinski definition) is 6. The Morgan fingerprint density at radius 3 is 2.00 bits per heavy atom. The van der Waals surface area contributed by atoms with Gasteiger partial charge in [0.1, 0.15) is 12.7 Å². The molecule has 1 rings (SSSR count). The molecule has 2 unspecified atom stereocenters. The number of Topliss-reactive ketones (excluding diaryl/α,β-unsaturated/α-hetero) is 1. The Morgan fingerprint density at radius 2 is 1.47 bits per heavy atom. The van der Waals surface area contributed by atoms with Crippen molar-refractivity contribution in [2.45, 2.75) is 113 Å². The second-order valence-electron chi connectivity index (χ2n) is 12.7. The molecule has 1 aliphatic rings. The lowest BCUT2D eigenvalue weighted by Gasteiger charge is -2.44. The zero-order valence-corrected chi connectivity index (χ0v) is 28.9. The van der Waals surface area contributed by atoms with Crippen molar-refractivity contribution in [3.63, 3.8) is 0 Å². The Hall–Kier alpha value is -3.73. The monoisotopic (exact) mass is 618 g/mol. The summed E-state index contributed by atoms with van der Waals surface area (Å²) in [5, 5.41) is 11.3. The molecule has 0 amide bonds. The molecule has 0 radical (unpaired) electrons. The first kappa shape index (κ1) is 39.3. The highest BCUT2D eigenvalue weighted by Crippen LogP contribution is 2.46. The van der Waals surface area contributed by atoms with Crippen molar-refractivity contribution in [3.05, 3.63) is 100 Å². The van der Waals surface area contributed by atoms with Crippen molar-refractivity contribution in [2.24, 2.45) is 5.41 Å². The van der Waals surface area contributed by atoms with Crippen LogP contribution in [0.15, 0.2) is 100 Å². The molecule has 0 aromatic heterocycles. The van der Waals surface area contributed by atoms with Crippen LogP contribution in [0.4, 0.5) is 0 Å². The molecule has 0 aliphatic heterocycles. The Labute approximate surface area is 271 Å². The van der Waals surface area contributed by atoms with Gasteiger partial charge in [-0.2, -0.15) is 0 Å². The third kappa shape index (κ3) is 16.2. The van der Waals surface area contributed by atoms with E-state index in [4.69, 9.17) is 9.47 Å². The van der Waals surface area contributed by atoms with Gasteiger partial charge in [-0.25, -0.2) is 0 Å². The first-order valence-corrected chi connectivity index (χ1v) is 15.8. The molecule has 0 aromatic carbocycles. The number of ether oxygens (including phenoxy) is 2. The molecule has 0 aromatic rings. The van der Waals surface area contributed by atoms with Crippen molar-refractivity contribution >= 4 is 17.7 Å². The van der Waals surface area contributed by atoms with Gasteiger partial charge in [0.25, 0.3) is 0 Å². The molecule has 45 heavy (non-hydrogen) atoms. The number of ketones is 1. The van der Waals surface area contributed by atoms with Gasteiger partial charge in [-0.15, -0.1) is 5.73 Å². The van der Waals surface area contributed by atoms with Crippen LogP contribution in [0.5, 0.6) is 0 Å². The molecule has 6 heteroatoms. The number of aliphatic hydroxyl groups is 1. The molecule has 0 heterocycles.